The van der Waals surface area contributed by atoms with E-state index in [2.05, 4.69) is 9.88 Å². The molecule has 24 heavy (non-hydrogen) atoms. The van der Waals surface area contributed by atoms with E-state index in [0.29, 0.717) is 12.1 Å². The first-order valence-electron chi connectivity index (χ1n) is 8.77. The normalized spacial score (nSPS) is 15.4. The van der Waals surface area contributed by atoms with Gasteiger partial charge >= 0.3 is 0 Å². The Morgan fingerprint density at radius 2 is 2.08 bits per heavy atom. The third-order valence-corrected chi connectivity index (χ3v) is 4.55. The number of benzene rings is 1. The summed E-state index contributed by atoms with van der Waals surface area (Å²) in [5, 5.41) is 12.0. The van der Waals surface area contributed by atoms with Crippen molar-refractivity contribution in [3.05, 3.63) is 41.7 Å². The molecule has 1 aliphatic heterocycles. The average molecular weight is 327 g/mol. The summed E-state index contributed by atoms with van der Waals surface area (Å²) < 4.78 is 2.22. The molecule has 1 aromatic heterocycles. The van der Waals surface area contributed by atoms with Crippen molar-refractivity contribution >= 4 is 5.91 Å². The highest BCUT2D eigenvalue weighted by molar-refractivity contribution is 5.94. The molecule has 128 valence electrons. The number of nitrogens with zero attached hydrogens (tertiary/aromatic N) is 2. The number of imidazole rings is 1. The molecule has 0 fully saturated rings. The summed E-state index contributed by atoms with van der Waals surface area (Å²) in [6.07, 6.45) is 4.82. The van der Waals surface area contributed by atoms with E-state index < -0.39 is 0 Å². The fraction of sp³-hybridized carbons (Fsp3) is 0.474. The standard InChI is InChI=1S/C19H25N3O2/c1-14(11-13-23)20-19(24)17-16-10-6-3-7-12-22(16)18(21-17)15-8-4-2-5-9-15/h2,4-5,8-9,14,23H,3,6-7,10-13H2,1H3,(H,20,24). The van der Waals surface area contributed by atoms with Crippen LogP contribution in [0.5, 0.6) is 0 Å². The van der Waals surface area contributed by atoms with Gasteiger partial charge in [-0.1, -0.05) is 36.8 Å². The molecule has 0 saturated carbocycles. The first kappa shape index (κ1) is 16.7. The number of hydrogen-bond acceptors (Lipinski definition) is 3. The summed E-state index contributed by atoms with van der Waals surface area (Å²) in [6, 6.07) is 9.99. The third-order valence-electron chi connectivity index (χ3n) is 4.55. The third kappa shape index (κ3) is 3.51. The van der Waals surface area contributed by atoms with Crippen molar-refractivity contribution in [2.24, 2.45) is 0 Å². The maximum Gasteiger partial charge on any atom is 0.271 e. The minimum atomic E-state index is -0.135. The van der Waals surface area contributed by atoms with E-state index in [1.807, 2.05) is 37.3 Å². The molecular formula is C19H25N3O2. The van der Waals surface area contributed by atoms with Crippen LogP contribution in [0.2, 0.25) is 0 Å². The Balaban J connectivity index is 1.97. The Labute approximate surface area is 142 Å². The summed E-state index contributed by atoms with van der Waals surface area (Å²) >= 11 is 0. The number of amides is 1. The molecule has 1 aromatic carbocycles. The molecule has 0 saturated heterocycles. The lowest BCUT2D eigenvalue weighted by Crippen LogP contribution is -2.34. The van der Waals surface area contributed by atoms with Gasteiger partial charge in [-0.3, -0.25) is 4.79 Å². The second-order valence-electron chi connectivity index (χ2n) is 6.45. The molecule has 1 amide bonds. The zero-order chi connectivity index (χ0) is 16.9. The zero-order valence-electron chi connectivity index (χ0n) is 14.2. The van der Waals surface area contributed by atoms with Crippen molar-refractivity contribution in [3.8, 4) is 11.4 Å². The summed E-state index contributed by atoms with van der Waals surface area (Å²) in [6.45, 7) is 2.88. The molecule has 2 heterocycles. The van der Waals surface area contributed by atoms with Crippen molar-refractivity contribution in [1.82, 2.24) is 14.9 Å². The highest BCUT2D eigenvalue weighted by atomic mass is 16.3. The molecular weight excluding hydrogens is 302 g/mol. The second kappa shape index (κ2) is 7.62. The fourth-order valence-electron chi connectivity index (χ4n) is 3.27. The molecule has 0 spiro atoms. The molecule has 0 aliphatic carbocycles. The van der Waals surface area contributed by atoms with Gasteiger partial charge in [0.15, 0.2) is 0 Å². The predicted molar refractivity (Wildman–Crippen MR) is 93.8 cm³/mol. The highest BCUT2D eigenvalue weighted by Crippen LogP contribution is 2.27. The number of carbonyl (C=O) groups excluding carboxylic acids is 1. The van der Waals surface area contributed by atoms with E-state index in [4.69, 9.17) is 10.1 Å². The summed E-state index contributed by atoms with van der Waals surface area (Å²) in [5.74, 6) is 0.747. The molecule has 5 nitrogen and oxygen atoms in total. The SMILES string of the molecule is CC(CCO)NC(=O)c1nc(-c2ccccc2)n2c1CCCCC2. The fourth-order valence-corrected chi connectivity index (χ4v) is 3.27. The molecule has 2 aromatic rings. The lowest BCUT2D eigenvalue weighted by atomic mass is 10.1. The van der Waals surface area contributed by atoms with Gasteiger partial charge in [-0.15, -0.1) is 0 Å². The van der Waals surface area contributed by atoms with E-state index in [0.717, 1.165) is 42.9 Å². The molecule has 1 atom stereocenters. The second-order valence-corrected chi connectivity index (χ2v) is 6.45. The van der Waals surface area contributed by atoms with Crippen molar-refractivity contribution in [2.45, 2.75) is 51.6 Å². The lowest BCUT2D eigenvalue weighted by Gasteiger charge is -2.12. The van der Waals surface area contributed by atoms with E-state index in [9.17, 15) is 4.79 Å². The van der Waals surface area contributed by atoms with Crippen molar-refractivity contribution < 1.29 is 9.90 Å². The number of nitrogens with one attached hydrogen (secondary N) is 1. The van der Waals surface area contributed by atoms with Gasteiger partial charge in [-0.25, -0.2) is 4.98 Å². The van der Waals surface area contributed by atoms with Crippen LogP contribution < -0.4 is 5.32 Å². The zero-order valence-corrected chi connectivity index (χ0v) is 14.2. The molecule has 1 unspecified atom stereocenters. The molecule has 1 aliphatic rings. The number of aliphatic hydroxyl groups is 1. The van der Waals surface area contributed by atoms with Gasteiger partial charge in [-0.05, 0) is 32.6 Å². The summed E-state index contributed by atoms with van der Waals surface area (Å²) in [7, 11) is 0. The van der Waals surface area contributed by atoms with Crippen LogP contribution in [-0.2, 0) is 13.0 Å². The van der Waals surface area contributed by atoms with Crippen LogP contribution in [0, 0.1) is 0 Å². The van der Waals surface area contributed by atoms with Gasteiger partial charge in [0.25, 0.3) is 5.91 Å². The van der Waals surface area contributed by atoms with Crippen LogP contribution in [0.1, 0.15) is 48.8 Å². The van der Waals surface area contributed by atoms with Gasteiger partial charge in [0.1, 0.15) is 11.5 Å². The van der Waals surface area contributed by atoms with Crippen molar-refractivity contribution in [2.75, 3.05) is 6.61 Å². The first-order valence-corrected chi connectivity index (χ1v) is 8.77. The molecule has 3 rings (SSSR count). The molecule has 0 bridgehead atoms. The van der Waals surface area contributed by atoms with Crippen LogP contribution in [0.15, 0.2) is 30.3 Å². The smallest absolute Gasteiger partial charge is 0.271 e. The highest BCUT2D eigenvalue weighted by Gasteiger charge is 2.24. The van der Waals surface area contributed by atoms with E-state index >= 15 is 0 Å². The van der Waals surface area contributed by atoms with Crippen molar-refractivity contribution in [1.29, 1.82) is 0 Å². The minimum Gasteiger partial charge on any atom is -0.396 e. The van der Waals surface area contributed by atoms with Crippen LogP contribution in [-0.4, -0.2) is 33.2 Å². The van der Waals surface area contributed by atoms with Crippen LogP contribution in [0.4, 0.5) is 0 Å². The maximum absolute atomic E-state index is 12.7. The van der Waals surface area contributed by atoms with E-state index in [-0.39, 0.29) is 18.6 Å². The van der Waals surface area contributed by atoms with E-state index in [1.54, 1.807) is 0 Å². The molecule has 5 heteroatoms. The van der Waals surface area contributed by atoms with Crippen LogP contribution in [0.25, 0.3) is 11.4 Å². The predicted octanol–water partition coefficient (Wildman–Crippen LogP) is 2.78. The lowest BCUT2D eigenvalue weighted by molar-refractivity contribution is 0.0928. The Morgan fingerprint density at radius 1 is 1.29 bits per heavy atom. The summed E-state index contributed by atoms with van der Waals surface area (Å²) in [5.41, 5.74) is 2.63. The number of hydrogen-bond donors (Lipinski definition) is 2. The summed E-state index contributed by atoms with van der Waals surface area (Å²) in [4.78, 5) is 17.4. The molecule has 2 N–H and O–H groups in total. The van der Waals surface area contributed by atoms with Gasteiger partial charge < -0.3 is 15.0 Å². The number of aliphatic hydroxyl groups excluding tert-OH is 1. The number of rotatable bonds is 5. The minimum absolute atomic E-state index is 0.0641. The number of fused-ring (bicyclic) bond motifs is 1. The van der Waals surface area contributed by atoms with Gasteiger partial charge in [0.05, 0.1) is 5.69 Å². The Morgan fingerprint density at radius 3 is 2.83 bits per heavy atom. The van der Waals surface area contributed by atoms with Gasteiger partial charge in [0.2, 0.25) is 0 Å². The monoisotopic (exact) mass is 327 g/mol. The Kier molecular flexibility index (Phi) is 5.30. The Bertz CT molecular complexity index is 694. The van der Waals surface area contributed by atoms with Crippen LogP contribution >= 0.6 is 0 Å². The van der Waals surface area contributed by atoms with Crippen molar-refractivity contribution in [3.63, 3.8) is 0 Å². The van der Waals surface area contributed by atoms with Gasteiger partial charge in [0, 0.05) is 24.8 Å². The maximum atomic E-state index is 12.7. The Hall–Kier alpha value is -2.14. The quantitative estimate of drug-likeness (QED) is 0.887. The van der Waals surface area contributed by atoms with Crippen LogP contribution in [0.3, 0.4) is 0 Å². The molecule has 0 radical (unpaired) electrons. The van der Waals surface area contributed by atoms with Gasteiger partial charge in [-0.2, -0.15) is 0 Å². The largest absolute Gasteiger partial charge is 0.396 e. The average Bonchev–Trinajstić information content (AvgIpc) is 2.77. The van der Waals surface area contributed by atoms with E-state index in [1.165, 1.54) is 6.42 Å². The number of carbonyl (C=O) groups is 1. The number of aromatic nitrogens is 2. The first-order chi connectivity index (χ1) is 11.7. The topological polar surface area (TPSA) is 67.2 Å².